The van der Waals surface area contributed by atoms with Gasteiger partial charge in [0.2, 0.25) is 0 Å². The van der Waals surface area contributed by atoms with E-state index in [1.54, 1.807) is 0 Å². The lowest BCUT2D eigenvalue weighted by molar-refractivity contribution is 0.169. The van der Waals surface area contributed by atoms with E-state index in [0.29, 0.717) is 13.2 Å². The summed E-state index contributed by atoms with van der Waals surface area (Å²) in [5.41, 5.74) is 8.86. The van der Waals surface area contributed by atoms with Gasteiger partial charge in [-0.05, 0) is 52.9 Å². The number of rotatable bonds is 1. The molecule has 0 atom stereocenters. The Morgan fingerprint density at radius 3 is 2.58 bits per heavy atom. The van der Waals surface area contributed by atoms with E-state index in [1.807, 2.05) is 0 Å². The smallest absolute Gasteiger partial charge is 0.175 e. The molecule has 1 aromatic rings. The van der Waals surface area contributed by atoms with E-state index in [-0.39, 0.29) is 5.54 Å². The molecule has 1 saturated carbocycles. The van der Waals surface area contributed by atoms with Gasteiger partial charge in [-0.15, -0.1) is 0 Å². The zero-order valence-corrected chi connectivity index (χ0v) is 12.9. The van der Waals surface area contributed by atoms with Crippen molar-refractivity contribution < 1.29 is 9.47 Å². The maximum atomic E-state index is 6.69. The molecule has 3 nitrogen and oxygen atoms in total. The number of fused-ring (bicyclic) bond motifs is 1. The lowest BCUT2D eigenvalue weighted by Gasteiger charge is -2.37. The molecular formula is C15H20BrNO2. The first-order chi connectivity index (χ1) is 9.12. The fraction of sp³-hybridized carbons (Fsp3) is 0.600. The third kappa shape index (κ3) is 2.25. The van der Waals surface area contributed by atoms with Gasteiger partial charge in [0.05, 0.1) is 4.47 Å². The van der Waals surface area contributed by atoms with E-state index < -0.39 is 0 Å². The second-order valence-corrected chi connectivity index (χ2v) is 6.42. The van der Waals surface area contributed by atoms with Gasteiger partial charge < -0.3 is 15.2 Å². The first kappa shape index (κ1) is 13.3. The van der Waals surface area contributed by atoms with E-state index in [0.717, 1.165) is 28.8 Å². The molecule has 4 heteroatoms. The summed E-state index contributed by atoms with van der Waals surface area (Å²) in [7, 11) is 0. The van der Waals surface area contributed by atoms with Crippen molar-refractivity contribution in [1.29, 1.82) is 0 Å². The SMILES string of the molecule is Cc1cc2c(c(Br)c1C1(N)CCCCC1)OCCO2. The largest absolute Gasteiger partial charge is 0.486 e. The molecule has 1 heterocycles. The van der Waals surface area contributed by atoms with Crippen molar-refractivity contribution in [3.8, 4) is 11.5 Å². The topological polar surface area (TPSA) is 44.5 Å². The second kappa shape index (κ2) is 4.98. The zero-order valence-electron chi connectivity index (χ0n) is 11.3. The molecule has 2 aliphatic rings. The summed E-state index contributed by atoms with van der Waals surface area (Å²) in [4.78, 5) is 0. The zero-order chi connectivity index (χ0) is 13.5. The first-order valence-electron chi connectivity index (χ1n) is 7.00. The van der Waals surface area contributed by atoms with Crippen LogP contribution in [0.4, 0.5) is 0 Å². The highest BCUT2D eigenvalue weighted by atomic mass is 79.9. The van der Waals surface area contributed by atoms with Crippen molar-refractivity contribution in [3.05, 3.63) is 21.7 Å². The Kier molecular flexibility index (Phi) is 3.48. The summed E-state index contributed by atoms with van der Waals surface area (Å²) >= 11 is 3.70. The number of aryl methyl sites for hydroxylation is 1. The van der Waals surface area contributed by atoms with Gasteiger partial charge in [0.15, 0.2) is 11.5 Å². The number of ether oxygens (including phenoxy) is 2. The Bertz CT molecular complexity index is 495. The maximum Gasteiger partial charge on any atom is 0.175 e. The lowest BCUT2D eigenvalue weighted by Crippen LogP contribution is -2.39. The van der Waals surface area contributed by atoms with Gasteiger partial charge in [0, 0.05) is 5.54 Å². The lowest BCUT2D eigenvalue weighted by atomic mass is 9.76. The van der Waals surface area contributed by atoms with Crippen LogP contribution in [0.3, 0.4) is 0 Å². The van der Waals surface area contributed by atoms with Crippen LogP contribution in [0.25, 0.3) is 0 Å². The molecular weight excluding hydrogens is 306 g/mol. The van der Waals surface area contributed by atoms with Crippen LogP contribution >= 0.6 is 15.9 Å². The second-order valence-electron chi connectivity index (χ2n) is 5.62. The third-order valence-corrected chi connectivity index (χ3v) is 4.97. The molecule has 19 heavy (non-hydrogen) atoms. The summed E-state index contributed by atoms with van der Waals surface area (Å²) in [6.07, 6.45) is 5.80. The van der Waals surface area contributed by atoms with Crippen molar-refractivity contribution >= 4 is 15.9 Å². The minimum atomic E-state index is -0.225. The average molecular weight is 326 g/mol. The van der Waals surface area contributed by atoms with Gasteiger partial charge in [0.1, 0.15) is 13.2 Å². The standard InChI is InChI=1S/C15H20BrNO2/c1-10-9-11-14(19-8-7-18-11)13(16)12(10)15(17)5-3-2-4-6-15/h9H,2-8,17H2,1H3. The Labute approximate surface area is 122 Å². The monoisotopic (exact) mass is 325 g/mol. The summed E-state index contributed by atoms with van der Waals surface area (Å²) in [5.74, 6) is 1.65. The fourth-order valence-electron chi connectivity index (χ4n) is 3.31. The van der Waals surface area contributed by atoms with E-state index >= 15 is 0 Å². The Morgan fingerprint density at radius 2 is 1.84 bits per heavy atom. The van der Waals surface area contributed by atoms with Crippen LogP contribution in [-0.2, 0) is 5.54 Å². The molecule has 1 fully saturated rings. The Morgan fingerprint density at radius 1 is 1.16 bits per heavy atom. The minimum Gasteiger partial charge on any atom is -0.486 e. The quantitative estimate of drug-likeness (QED) is 0.857. The molecule has 104 valence electrons. The maximum absolute atomic E-state index is 6.69. The number of nitrogens with two attached hydrogens (primary N) is 1. The predicted octanol–water partition coefficient (Wildman–Crippen LogP) is 3.65. The molecule has 1 aromatic carbocycles. The minimum absolute atomic E-state index is 0.225. The molecule has 3 rings (SSSR count). The third-order valence-electron chi connectivity index (χ3n) is 4.22. The van der Waals surface area contributed by atoms with Gasteiger partial charge in [-0.1, -0.05) is 19.3 Å². The van der Waals surface area contributed by atoms with Crippen LogP contribution in [0, 0.1) is 6.92 Å². The fourth-order valence-corrected chi connectivity index (χ4v) is 4.33. The molecule has 0 radical (unpaired) electrons. The molecule has 1 aliphatic carbocycles. The molecule has 2 N–H and O–H groups in total. The normalized spacial score (nSPS) is 21.2. The summed E-state index contributed by atoms with van der Waals surface area (Å²) in [6.45, 7) is 3.33. The molecule has 0 saturated heterocycles. The van der Waals surface area contributed by atoms with Crippen LogP contribution in [0.5, 0.6) is 11.5 Å². The Hall–Kier alpha value is -0.740. The molecule has 0 aromatic heterocycles. The highest BCUT2D eigenvalue weighted by Crippen LogP contribution is 2.47. The highest BCUT2D eigenvalue weighted by Gasteiger charge is 2.35. The van der Waals surface area contributed by atoms with Crippen LogP contribution in [0.2, 0.25) is 0 Å². The van der Waals surface area contributed by atoms with E-state index in [4.69, 9.17) is 15.2 Å². The number of benzene rings is 1. The van der Waals surface area contributed by atoms with Gasteiger partial charge in [0.25, 0.3) is 0 Å². The molecule has 0 bridgehead atoms. The van der Waals surface area contributed by atoms with E-state index in [9.17, 15) is 0 Å². The van der Waals surface area contributed by atoms with Crippen LogP contribution in [0.1, 0.15) is 43.2 Å². The number of hydrogen-bond donors (Lipinski definition) is 1. The number of halogens is 1. The summed E-state index contributed by atoms with van der Waals surface area (Å²) in [5, 5.41) is 0. The average Bonchev–Trinajstić information content (AvgIpc) is 2.39. The van der Waals surface area contributed by atoms with Gasteiger partial charge >= 0.3 is 0 Å². The van der Waals surface area contributed by atoms with Gasteiger partial charge in [-0.25, -0.2) is 0 Å². The molecule has 1 aliphatic heterocycles. The first-order valence-corrected chi connectivity index (χ1v) is 7.79. The van der Waals surface area contributed by atoms with Gasteiger partial charge in [-0.2, -0.15) is 0 Å². The predicted molar refractivity (Wildman–Crippen MR) is 78.8 cm³/mol. The molecule has 0 amide bonds. The highest BCUT2D eigenvalue weighted by molar-refractivity contribution is 9.10. The Balaban J connectivity index is 2.10. The summed E-state index contributed by atoms with van der Waals surface area (Å²) in [6, 6.07) is 2.07. The van der Waals surface area contributed by atoms with E-state index in [2.05, 4.69) is 28.9 Å². The van der Waals surface area contributed by atoms with Crippen molar-refractivity contribution in [3.63, 3.8) is 0 Å². The number of hydrogen-bond acceptors (Lipinski definition) is 3. The van der Waals surface area contributed by atoms with Crippen molar-refractivity contribution in [1.82, 2.24) is 0 Å². The van der Waals surface area contributed by atoms with Crippen molar-refractivity contribution in [2.24, 2.45) is 5.73 Å². The van der Waals surface area contributed by atoms with Crippen LogP contribution in [-0.4, -0.2) is 13.2 Å². The van der Waals surface area contributed by atoms with Crippen molar-refractivity contribution in [2.45, 2.75) is 44.6 Å². The van der Waals surface area contributed by atoms with E-state index in [1.165, 1.54) is 30.4 Å². The molecule has 0 spiro atoms. The van der Waals surface area contributed by atoms with Crippen molar-refractivity contribution in [2.75, 3.05) is 13.2 Å². The van der Waals surface area contributed by atoms with Crippen LogP contribution in [0.15, 0.2) is 10.5 Å². The van der Waals surface area contributed by atoms with Gasteiger partial charge in [-0.3, -0.25) is 0 Å². The molecule has 0 unspecified atom stereocenters. The van der Waals surface area contributed by atoms with Crippen LogP contribution < -0.4 is 15.2 Å². The summed E-state index contributed by atoms with van der Waals surface area (Å²) < 4.78 is 12.4.